The van der Waals surface area contributed by atoms with Crippen molar-refractivity contribution in [2.75, 3.05) is 5.32 Å². The van der Waals surface area contributed by atoms with Gasteiger partial charge < -0.3 is 10.4 Å². The molecule has 2 rings (SSSR count). The van der Waals surface area contributed by atoms with Crippen LogP contribution in [-0.4, -0.2) is 11.0 Å². The smallest absolute Gasteiger partial charge is 0.258 e. The summed E-state index contributed by atoms with van der Waals surface area (Å²) in [6.07, 6.45) is 0. The van der Waals surface area contributed by atoms with Crippen LogP contribution in [-0.2, 0) is 6.61 Å². The molecule has 0 aliphatic rings. The van der Waals surface area contributed by atoms with Gasteiger partial charge in [-0.05, 0) is 36.2 Å². The third-order valence-corrected chi connectivity index (χ3v) is 2.91. The summed E-state index contributed by atoms with van der Waals surface area (Å²) in [6.45, 7) is 1.62. The van der Waals surface area contributed by atoms with Crippen LogP contribution in [0.4, 0.5) is 14.5 Å². The Balaban J connectivity index is 2.27. The maximum Gasteiger partial charge on any atom is 0.258 e. The maximum atomic E-state index is 13.5. The van der Waals surface area contributed by atoms with Gasteiger partial charge in [0.2, 0.25) is 0 Å². The standard InChI is InChI=1S/C15H13F2NO2/c1-9-2-3-10(8-19)6-14(9)18-15(20)12-5-4-11(16)7-13(12)17/h2-7,19H,8H2,1H3,(H,18,20). The van der Waals surface area contributed by atoms with Crippen LogP contribution in [0.25, 0.3) is 0 Å². The first-order chi connectivity index (χ1) is 9.51. The Morgan fingerprint density at radius 1 is 1.20 bits per heavy atom. The van der Waals surface area contributed by atoms with Crippen LogP contribution in [0.5, 0.6) is 0 Å². The van der Waals surface area contributed by atoms with E-state index in [-0.39, 0.29) is 12.2 Å². The van der Waals surface area contributed by atoms with E-state index in [9.17, 15) is 13.6 Å². The highest BCUT2D eigenvalue weighted by atomic mass is 19.1. The molecule has 2 aromatic carbocycles. The monoisotopic (exact) mass is 277 g/mol. The summed E-state index contributed by atoms with van der Waals surface area (Å²) >= 11 is 0. The zero-order valence-electron chi connectivity index (χ0n) is 10.8. The Hall–Kier alpha value is -2.27. The van der Waals surface area contributed by atoms with Gasteiger partial charge in [0.15, 0.2) is 0 Å². The molecule has 0 bridgehead atoms. The van der Waals surface area contributed by atoms with Crippen molar-refractivity contribution >= 4 is 11.6 Å². The van der Waals surface area contributed by atoms with E-state index < -0.39 is 17.5 Å². The SMILES string of the molecule is Cc1ccc(CO)cc1NC(=O)c1ccc(F)cc1F. The molecule has 2 N–H and O–H groups in total. The number of amides is 1. The zero-order valence-corrected chi connectivity index (χ0v) is 10.8. The van der Waals surface area contributed by atoms with Crippen molar-refractivity contribution in [3.8, 4) is 0 Å². The van der Waals surface area contributed by atoms with Gasteiger partial charge >= 0.3 is 0 Å². The van der Waals surface area contributed by atoms with Crippen molar-refractivity contribution < 1.29 is 18.7 Å². The van der Waals surface area contributed by atoms with Crippen LogP contribution in [0.3, 0.4) is 0 Å². The lowest BCUT2D eigenvalue weighted by Crippen LogP contribution is -2.15. The highest BCUT2D eigenvalue weighted by molar-refractivity contribution is 6.04. The van der Waals surface area contributed by atoms with Crippen LogP contribution in [0.15, 0.2) is 36.4 Å². The molecule has 0 heterocycles. The van der Waals surface area contributed by atoms with Crippen molar-refractivity contribution in [3.05, 3.63) is 64.7 Å². The quantitative estimate of drug-likeness (QED) is 0.906. The molecule has 0 saturated carbocycles. The van der Waals surface area contributed by atoms with Crippen molar-refractivity contribution in [1.29, 1.82) is 0 Å². The Morgan fingerprint density at radius 3 is 2.60 bits per heavy atom. The second-order valence-electron chi connectivity index (χ2n) is 4.39. The second-order valence-corrected chi connectivity index (χ2v) is 4.39. The summed E-state index contributed by atoms with van der Waals surface area (Å²) in [6, 6.07) is 7.84. The van der Waals surface area contributed by atoms with Crippen LogP contribution in [0.2, 0.25) is 0 Å². The average molecular weight is 277 g/mol. The molecule has 0 aliphatic heterocycles. The molecule has 0 unspecified atom stereocenters. The molecule has 0 radical (unpaired) electrons. The van der Waals surface area contributed by atoms with E-state index in [0.717, 1.165) is 17.7 Å². The predicted octanol–water partition coefficient (Wildman–Crippen LogP) is 3.02. The first-order valence-electron chi connectivity index (χ1n) is 5.98. The lowest BCUT2D eigenvalue weighted by Gasteiger charge is -2.10. The first kappa shape index (κ1) is 14.1. The fourth-order valence-corrected chi connectivity index (χ4v) is 1.77. The van der Waals surface area contributed by atoms with Gasteiger partial charge in [0.1, 0.15) is 11.6 Å². The molecule has 0 aromatic heterocycles. The second kappa shape index (κ2) is 5.79. The van der Waals surface area contributed by atoms with E-state index in [1.54, 1.807) is 25.1 Å². The minimum atomic E-state index is -0.918. The predicted molar refractivity (Wildman–Crippen MR) is 71.4 cm³/mol. The Morgan fingerprint density at radius 2 is 1.95 bits per heavy atom. The molecular weight excluding hydrogens is 264 g/mol. The van der Waals surface area contributed by atoms with Crippen molar-refractivity contribution in [2.45, 2.75) is 13.5 Å². The third-order valence-electron chi connectivity index (χ3n) is 2.91. The number of rotatable bonds is 3. The van der Waals surface area contributed by atoms with Gasteiger partial charge in [0.25, 0.3) is 5.91 Å². The first-order valence-corrected chi connectivity index (χ1v) is 5.98. The number of nitrogens with one attached hydrogen (secondary N) is 1. The number of carbonyl (C=O) groups excluding carboxylic acids is 1. The number of hydrogen-bond donors (Lipinski definition) is 2. The lowest BCUT2D eigenvalue weighted by atomic mass is 10.1. The number of halogens is 2. The Kier molecular flexibility index (Phi) is 4.10. The third kappa shape index (κ3) is 3.00. The molecule has 20 heavy (non-hydrogen) atoms. The fraction of sp³-hybridized carbons (Fsp3) is 0.133. The average Bonchev–Trinajstić information content (AvgIpc) is 2.41. The largest absolute Gasteiger partial charge is 0.392 e. The molecule has 1 amide bonds. The van der Waals surface area contributed by atoms with E-state index in [2.05, 4.69) is 5.32 Å². The van der Waals surface area contributed by atoms with Crippen molar-refractivity contribution in [3.63, 3.8) is 0 Å². The van der Waals surface area contributed by atoms with Crippen LogP contribution < -0.4 is 5.32 Å². The summed E-state index contributed by atoms with van der Waals surface area (Å²) in [7, 11) is 0. The van der Waals surface area contributed by atoms with Crippen molar-refractivity contribution in [1.82, 2.24) is 0 Å². The van der Waals surface area contributed by atoms with Crippen LogP contribution in [0, 0.1) is 18.6 Å². The van der Waals surface area contributed by atoms with Crippen LogP contribution in [0.1, 0.15) is 21.5 Å². The zero-order chi connectivity index (χ0) is 14.7. The van der Waals surface area contributed by atoms with E-state index in [4.69, 9.17) is 5.11 Å². The fourth-order valence-electron chi connectivity index (χ4n) is 1.77. The topological polar surface area (TPSA) is 49.3 Å². The van der Waals surface area contributed by atoms with Crippen LogP contribution >= 0.6 is 0 Å². The van der Waals surface area contributed by atoms with Gasteiger partial charge in [-0.1, -0.05) is 12.1 Å². The van der Waals surface area contributed by atoms with Gasteiger partial charge in [-0.25, -0.2) is 8.78 Å². The summed E-state index contributed by atoms with van der Waals surface area (Å²) < 4.78 is 26.3. The number of carbonyl (C=O) groups is 1. The molecule has 0 atom stereocenters. The number of anilines is 1. The summed E-state index contributed by atoms with van der Waals surface area (Å²) in [5.41, 5.74) is 1.65. The highest BCUT2D eigenvalue weighted by Crippen LogP contribution is 2.19. The number of hydrogen-bond acceptors (Lipinski definition) is 2. The minimum absolute atomic E-state index is 0.159. The number of aryl methyl sites for hydroxylation is 1. The molecule has 5 heteroatoms. The maximum absolute atomic E-state index is 13.5. The van der Waals surface area contributed by atoms with Gasteiger partial charge in [0, 0.05) is 11.8 Å². The summed E-state index contributed by atoms with van der Waals surface area (Å²) in [5, 5.41) is 11.6. The molecule has 0 saturated heterocycles. The van der Waals surface area contributed by atoms with E-state index in [1.807, 2.05) is 0 Å². The van der Waals surface area contributed by atoms with Gasteiger partial charge in [0.05, 0.1) is 12.2 Å². The van der Waals surface area contributed by atoms with Crippen molar-refractivity contribution in [2.24, 2.45) is 0 Å². The lowest BCUT2D eigenvalue weighted by molar-refractivity contribution is 0.102. The molecule has 0 aliphatic carbocycles. The van der Waals surface area contributed by atoms with E-state index in [0.29, 0.717) is 17.3 Å². The highest BCUT2D eigenvalue weighted by Gasteiger charge is 2.13. The molecule has 0 spiro atoms. The summed E-state index contributed by atoms with van der Waals surface area (Å²) in [5.74, 6) is -2.32. The molecule has 0 fully saturated rings. The van der Waals surface area contributed by atoms with E-state index >= 15 is 0 Å². The summed E-state index contributed by atoms with van der Waals surface area (Å²) in [4.78, 5) is 12.0. The number of benzene rings is 2. The molecule has 3 nitrogen and oxygen atoms in total. The Labute approximate surface area is 114 Å². The van der Waals surface area contributed by atoms with Gasteiger partial charge in [-0.3, -0.25) is 4.79 Å². The molecule has 104 valence electrons. The normalized spacial score (nSPS) is 10.4. The number of aliphatic hydroxyl groups is 1. The minimum Gasteiger partial charge on any atom is -0.392 e. The van der Waals surface area contributed by atoms with E-state index in [1.165, 1.54) is 0 Å². The molecule has 2 aromatic rings. The van der Waals surface area contributed by atoms with Gasteiger partial charge in [-0.15, -0.1) is 0 Å². The molecular formula is C15H13F2NO2. The van der Waals surface area contributed by atoms with Gasteiger partial charge in [-0.2, -0.15) is 0 Å². The Bertz CT molecular complexity index is 656. The number of aliphatic hydroxyl groups excluding tert-OH is 1.